The molecule has 28 atom stereocenters. The summed E-state index contributed by atoms with van der Waals surface area (Å²) in [6, 6.07) is 9.13. The highest BCUT2D eigenvalue weighted by Gasteiger charge is 2.66. The van der Waals surface area contributed by atoms with Gasteiger partial charge in [0, 0.05) is 78.8 Å². The number of esters is 2. The fraction of sp³-hybridized carbons (Fsp3) is 0.785. The third-order valence-electron chi connectivity index (χ3n) is 20.5. The van der Waals surface area contributed by atoms with E-state index >= 15 is 0 Å². The molecule has 5 aliphatic heterocycles. The zero-order valence-corrected chi connectivity index (χ0v) is 53.5. The summed E-state index contributed by atoms with van der Waals surface area (Å²) in [6.45, 7) is 12.9. The summed E-state index contributed by atoms with van der Waals surface area (Å²) in [6.07, 6.45) is -14.1. The first-order chi connectivity index (χ1) is 42.7. The van der Waals surface area contributed by atoms with Gasteiger partial charge < -0.3 is 102 Å². The Morgan fingerprint density at radius 3 is 1.76 bits per heavy atom. The maximum Gasteiger partial charge on any atom is 0.331 e. The first-order valence-electron chi connectivity index (χ1n) is 31.8. The second kappa shape index (κ2) is 29.9. The van der Waals surface area contributed by atoms with Crippen LogP contribution in [0.1, 0.15) is 132 Å². The second-order valence-electron chi connectivity index (χ2n) is 26.1. The predicted molar refractivity (Wildman–Crippen MR) is 314 cm³/mol. The summed E-state index contributed by atoms with van der Waals surface area (Å²) in [5, 5.41) is 65.0. The molecule has 8 aliphatic rings. The minimum absolute atomic E-state index is 0.0411. The number of aliphatic hydroxyl groups is 6. The van der Waals surface area contributed by atoms with Gasteiger partial charge in [-0.25, -0.2) is 4.79 Å². The SMILES string of the molecule is CO[C@H]1C[C@H](O[C@@H]2[C@@H](C)O[C@@H](O[C@@H]3[C@@H](C)O[C@@H](O[C@H]4[C@@H](O)C[C@H](O[C@H]5CC[C@@]6(C)C(=CCC(=O)[C@H]6C[C@@H](OC(=O)C=Cc6ccccc6)[C@@]6(C)C(=O)CC[C@@]6(O)C(C)OC(C)=O)C5)O[C@@H]4C)C[C@H]3OC)C[C@H]2OC)O[C@H](C)[C@H]1O[C@@H]1O[C@H](CO)[C@@H](O)[C@H](O)[C@H]1O. The van der Waals surface area contributed by atoms with E-state index in [4.69, 9.17) is 71.1 Å². The molecule has 5 saturated heterocycles. The Labute approximate surface area is 526 Å². The molecule has 25 heteroatoms. The maximum absolute atomic E-state index is 14.2. The van der Waals surface area contributed by atoms with E-state index in [0.717, 1.165) is 11.1 Å². The Balaban J connectivity index is 0.767. The van der Waals surface area contributed by atoms with Gasteiger partial charge in [0.1, 0.15) is 78.2 Å². The van der Waals surface area contributed by atoms with Crippen molar-refractivity contribution >= 4 is 29.6 Å². The van der Waals surface area contributed by atoms with Gasteiger partial charge in [-0.1, -0.05) is 48.9 Å². The van der Waals surface area contributed by atoms with Gasteiger partial charge in [0.15, 0.2) is 31.5 Å². The lowest BCUT2D eigenvalue weighted by Gasteiger charge is -2.51. The lowest BCUT2D eigenvalue weighted by atomic mass is 9.56. The molecule has 90 heavy (non-hydrogen) atoms. The third-order valence-corrected chi connectivity index (χ3v) is 20.5. The van der Waals surface area contributed by atoms with Crippen molar-refractivity contribution in [2.75, 3.05) is 27.9 Å². The van der Waals surface area contributed by atoms with Crippen LogP contribution in [0.3, 0.4) is 0 Å². The van der Waals surface area contributed by atoms with Crippen molar-refractivity contribution in [3.05, 3.63) is 53.6 Å². The van der Waals surface area contributed by atoms with Crippen LogP contribution < -0.4 is 0 Å². The van der Waals surface area contributed by atoms with E-state index < -0.39 is 182 Å². The molecule has 6 N–H and O–H groups in total. The molecule has 0 spiro atoms. The first-order valence-corrected chi connectivity index (χ1v) is 31.8. The highest BCUT2D eigenvalue weighted by Crippen LogP contribution is 2.56. The van der Waals surface area contributed by atoms with Crippen molar-refractivity contribution in [1.29, 1.82) is 0 Å². The van der Waals surface area contributed by atoms with E-state index in [9.17, 15) is 49.8 Å². The monoisotopic (exact) mass is 1280 g/mol. The van der Waals surface area contributed by atoms with Gasteiger partial charge in [-0.05, 0) is 90.7 Å². The Hall–Kier alpha value is -3.78. The molecule has 0 amide bonds. The summed E-state index contributed by atoms with van der Waals surface area (Å²) in [5.41, 5.74) is -2.69. The van der Waals surface area contributed by atoms with Crippen molar-refractivity contribution in [2.45, 2.75) is 279 Å². The first kappa shape index (κ1) is 70.5. The molecular weight excluding hydrogens is 1180 g/mol. The molecule has 2 saturated carbocycles. The third kappa shape index (κ3) is 15.0. The van der Waals surface area contributed by atoms with Gasteiger partial charge in [-0.3, -0.25) is 14.4 Å². The van der Waals surface area contributed by atoms with Crippen LogP contribution in [0.15, 0.2) is 48.1 Å². The number of benzene rings is 1. The number of ether oxygens (including phenoxy) is 15. The smallest absolute Gasteiger partial charge is 0.331 e. The van der Waals surface area contributed by atoms with E-state index in [1.165, 1.54) is 27.0 Å². The lowest BCUT2D eigenvalue weighted by molar-refractivity contribution is -0.358. The van der Waals surface area contributed by atoms with Gasteiger partial charge in [-0.2, -0.15) is 0 Å². The molecule has 1 aromatic rings. The minimum Gasteiger partial charge on any atom is -0.460 e. The number of ketones is 2. The molecule has 5 heterocycles. The fourth-order valence-electron chi connectivity index (χ4n) is 15.1. The quantitative estimate of drug-likeness (QED) is 0.0550. The Kier molecular flexibility index (Phi) is 23.4. The summed E-state index contributed by atoms with van der Waals surface area (Å²) < 4.78 is 92.9. The predicted octanol–water partition coefficient (Wildman–Crippen LogP) is 3.43. The molecule has 3 aliphatic carbocycles. The normalized spacial score (nSPS) is 44.1. The largest absolute Gasteiger partial charge is 0.460 e. The standard InChI is InChI=1S/C65H96O25/c1-32-58(87-52-28-44(76-9)59(33(2)80-52)88-53-29-45(77-10)60(34(3)81-53)89-54-30-46(78-11)61(35(4)82-54)90-62-57(74)56(73)55(72)47(31-66)85-62)43(69)27-51(79-32)84-40-21-23-63(7)39(25-40)18-19-42(68)41(63)26-49(86-50(71)20-17-38-15-13-12-14-16-38)64(8)48(70)22-24-65(64,75)36(5)83-37(6)67/h12-18,20,32-36,40-41,43-47,49,51-62,66,69,72-75H,19,21-31H2,1-11H3/t32-,33-,34-,35-,36?,40+,41-,43+,44-,45-,46+,47-,49-,51+,52+,53+,54+,55-,56+,57-,58-,59-,60-,61-,62+,63+,64-,65-/m1/s1. The van der Waals surface area contributed by atoms with Crippen molar-refractivity contribution in [1.82, 2.24) is 0 Å². The number of hydrogen-bond donors (Lipinski definition) is 6. The summed E-state index contributed by atoms with van der Waals surface area (Å²) >= 11 is 0. The number of rotatable bonds is 22. The Morgan fingerprint density at radius 2 is 1.22 bits per heavy atom. The van der Waals surface area contributed by atoms with Crippen molar-refractivity contribution < 1.29 is 121 Å². The molecule has 1 aromatic carbocycles. The van der Waals surface area contributed by atoms with Crippen molar-refractivity contribution in [2.24, 2.45) is 16.7 Å². The zero-order valence-electron chi connectivity index (χ0n) is 53.5. The summed E-state index contributed by atoms with van der Waals surface area (Å²) in [7, 11) is 4.65. The van der Waals surface area contributed by atoms with Crippen molar-refractivity contribution in [3.63, 3.8) is 0 Å². The molecule has 0 aromatic heterocycles. The fourth-order valence-corrected chi connectivity index (χ4v) is 15.1. The Bertz CT molecular complexity index is 2630. The van der Waals surface area contributed by atoms with E-state index in [1.54, 1.807) is 41.1 Å². The maximum atomic E-state index is 14.2. The number of allylic oxidation sites excluding steroid dienone is 1. The van der Waals surface area contributed by atoms with Crippen LogP contribution in [0.5, 0.6) is 0 Å². The average Bonchev–Trinajstić information content (AvgIpc) is 1.47. The van der Waals surface area contributed by atoms with Crippen LogP contribution in [0.25, 0.3) is 6.08 Å². The number of aliphatic hydroxyl groups excluding tert-OH is 5. The Morgan fingerprint density at radius 1 is 0.689 bits per heavy atom. The lowest BCUT2D eigenvalue weighted by Crippen LogP contribution is -2.62. The second-order valence-corrected chi connectivity index (χ2v) is 26.1. The molecule has 9 rings (SSSR count). The molecule has 0 radical (unpaired) electrons. The number of hydrogen-bond acceptors (Lipinski definition) is 25. The molecule has 0 bridgehead atoms. The van der Waals surface area contributed by atoms with Gasteiger partial charge in [-0.15, -0.1) is 0 Å². The topological polar surface area (TPSA) is 328 Å². The molecular formula is C65H96O25. The number of methoxy groups -OCH3 is 3. The van der Waals surface area contributed by atoms with Crippen LogP contribution >= 0.6 is 0 Å². The summed E-state index contributed by atoms with van der Waals surface area (Å²) in [4.78, 5) is 54.3. The van der Waals surface area contributed by atoms with E-state index in [1.807, 2.05) is 57.2 Å². The summed E-state index contributed by atoms with van der Waals surface area (Å²) in [5.74, 6) is -2.59. The van der Waals surface area contributed by atoms with Crippen LogP contribution in [-0.4, -0.2) is 235 Å². The van der Waals surface area contributed by atoms with Gasteiger partial charge in [0.2, 0.25) is 0 Å². The van der Waals surface area contributed by atoms with Crippen LogP contribution in [0, 0.1) is 16.7 Å². The van der Waals surface area contributed by atoms with E-state index in [0.29, 0.717) is 19.3 Å². The molecule has 25 nitrogen and oxygen atoms in total. The van der Waals surface area contributed by atoms with Crippen LogP contribution in [0.2, 0.25) is 0 Å². The number of Topliss-reactive ketones (excluding diaryl/α,β-unsaturated/α-hetero) is 2. The van der Waals surface area contributed by atoms with E-state index in [2.05, 4.69) is 0 Å². The minimum atomic E-state index is -1.92. The van der Waals surface area contributed by atoms with Gasteiger partial charge in [0.25, 0.3) is 0 Å². The van der Waals surface area contributed by atoms with Crippen molar-refractivity contribution in [3.8, 4) is 0 Å². The molecule has 1 unspecified atom stereocenters. The number of carbonyl (C=O) groups excluding carboxylic acids is 4. The number of carbonyl (C=O) groups is 4. The highest BCUT2D eigenvalue weighted by molar-refractivity contribution is 5.92. The zero-order chi connectivity index (χ0) is 65.1. The molecule has 506 valence electrons. The van der Waals surface area contributed by atoms with Crippen LogP contribution in [0.4, 0.5) is 0 Å². The number of fused-ring (bicyclic) bond motifs is 1. The average molecular weight is 1280 g/mol. The van der Waals surface area contributed by atoms with Gasteiger partial charge >= 0.3 is 11.9 Å². The van der Waals surface area contributed by atoms with E-state index in [-0.39, 0.29) is 69.0 Å². The van der Waals surface area contributed by atoms with Crippen LogP contribution in [-0.2, 0) is 90.2 Å². The highest BCUT2D eigenvalue weighted by atomic mass is 16.8. The molecule has 7 fully saturated rings. The van der Waals surface area contributed by atoms with Gasteiger partial charge in [0.05, 0.1) is 67.0 Å².